The zero-order chi connectivity index (χ0) is 15.2. The monoisotopic (exact) mass is 285 g/mol. The second kappa shape index (κ2) is 7.14. The Morgan fingerprint density at radius 3 is 2.38 bits per heavy atom. The molecule has 21 heavy (non-hydrogen) atoms. The Morgan fingerprint density at radius 2 is 1.76 bits per heavy atom. The number of hydrogen-bond acceptors (Lipinski definition) is 3. The van der Waals surface area contributed by atoms with E-state index < -0.39 is 0 Å². The van der Waals surface area contributed by atoms with Crippen molar-refractivity contribution in [1.29, 1.82) is 0 Å². The quantitative estimate of drug-likeness (QED) is 0.874. The molecule has 3 heteroatoms. The van der Waals surface area contributed by atoms with Crippen molar-refractivity contribution >= 4 is 0 Å². The zero-order valence-electron chi connectivity index (χ0n) is 13.1. The normalized spacial score (nSPS) is 12.0. The summed E-state index contributed by atoms with van der Waals surface area (Å²) in [4.78, 5) is 0. The molecule has 0 spiro atoms. The van der Waals surface area contributed by atoms with Crippen LogP contribution in [0, 0.1) is 6.92 Å². The van der Waals surface area contributed by atoms with E-state index in [1.54, 1.807) is 7.11 Å². The fraction of sp³-hybridized carbons (Fsp3) is 0.333. The molecule has 1 atom stereocenters. The number of methoxy groups -OCH3 is 1. The molecule has 2 rings (SSSR count). The van der Waals surface area contributed by atoms with Crippen molar-refractivity contribution in [3.05, 3.63) is 59.2 Å². The third-order valence-corrected chi connectivity index (χ3v) is 3.64. The van der Waals surface area contributed by atoms with Gasteiger partial charge in [-0.25, -0.2) is 0 Å². The minimum Gasteiger partial charge on any atom is -0.493 e. The summed E-state index contributed by atoms with van der Waals surface area (Å²) >= 11 is 0. The van der Waals surface area contributed by atoms with E-state index in [1.165, 1.54) is 11.1 Å². The Kier molecular flexibility index (Phi) is 5.23. The molecule has 0 saturated carbocycles. The van der Waals surface area contributed by atoms with Gasteiger partial charge in [-0.05, 0) is 44.2 Å². The van der Waals surface area contributed by atoms with Crippen LogP contribution in [0.5, 0.6) is 11.5 Å². The van der Waals surface area contributed by atoms with Crippen LogP contribution in [0.4, 0.5) is 0 Å². The van der Waals surface area contributed by atoms with E-state index >= 15 is 0 Å². The highest BCUT2D eigenvalue weighted by atomic mass is 16.5. The molecule has 0 aliphatic heterocycles. The van der Waals surface area contributed by atoms with Gasteiger partial charge in [-0.2, -0.15) is 0 Å². The van der Waals surface area contributed by atoms with Crippen molar-refractivity contribution in [3.63, 3.8) is 0 Å². The van der Waals surface area contributed by atoms with Crippen molar-refractivity contribution in [1.82, 2.24) is 5.32 Å². The first-order chi connectivity index (χ1) is 10.1. The molecule has 0 bridgehead atoms. The maximum atomic E-state index is 5.88. The average molecular weight is 285 g/mol. The first-order valence-electron chi connectivity index (χ1n) is 7.17. The van der Waals surface area contributed by atoms with Crippen molar-refractivity contribution in [2.75, 3.05) is 14.2 Å². The van der Waals surface area contributed by atoms with Gasteiger partial charge in [0.2, 0.25) is 0 Å². The van der Waals surface area contributed by atoms with Gasteiger partial charge in [0, 0.05) is 6.04 Å². The predicted octanol–water partition coefficient (Wildman–Crippen LogP) is 3.86. The van der Waals surface area contributed by atoms with Crippen LogP contribution in [0.15, 0.2) is 42.5 Å². The van der Waals surface area contributed by atoms with Crippen molar-refractivity contribution in [3.8, 4) is 11.5 Å². The third-order valence-electron chi connectivity index (χ3n) is 3.64. The molecule has 1 unspecified atom stereocenters. The van der Waals surface area contributed by atoms with E-state index in [0.29, 0.717) is 6.61 Å². The summed E-state index contributed by atoms with van der Waals surface area (Å²) in [6.45, 7) is 4.73. The van der Waals surface area contributed by atoms with Gasteiger partial charge in [0.05, 0.1) is 7.11 Å². The molecule has 0 radical (unpaired) electrons. The van der Waals surface area contributed by atoms with Gasteiger partial charge in [-0.3, -0.25) is 0 Å². The standard InChI is InChI=1S/C18H23NO2/c1-13-5-7-15(8-6-13)12-21-17-10-9-16(14(2)19-3)11-18(17)20-4/h5-11,14,19H,12H2,1-4H3. The van der Waals surface area contributed by atoms with Gasteiger partial charge >= 0.3 is 0 Å². The van der Waals surface area contributed by atoms with E-state index in [1.807, 2.05) is 19.2 Å². The highest BCUT2D eigenvalue weighted by Crippen LogP contribution is 2.30. The van der Waals surface area contributed by atoms with Gasteiger partial charge < -0.3 is 14.8 Å². The molecular formula is C18H23NO2. The van der Waals surface area contributed by atoms with Crippen LogP contribution in [-0.2, 0) is 6.61 Å². The Morgan fingerprint density at radius 1 is 1.05 bits per heavy atom. The van der Waals surface area contributed by atoms with Crippen molar-refractivity contribution < 1.29 is 9.47 Å². The second-order valence-corrected chi connectivity index (χ2v) is 5.19. The second-order valence-electron chi connectivity index (χ2n) is 5.19. The zero-order valence-corrected chi connectivity index (χ0v) is 13.1. The average Bonchev–Trinajstić information content (AvgIpc) is 2.53. The van der Waals surface area contributed by atoms with Gasteiger partial charge in [0.25, 0.3) is 0 Å². The topological polar surface area (TPSA) is 30.5 Å². The lowest BCUT2D eigenvalue weighted by Gasteiger charge is -2.15. The molecule has 0 amide bonds. The molecule has 112 valence electrons. The Hall–Kier alpha value is -2.00. The van der Waals surface area contributed by atoms with Crippen LogP contribution in [0.3, 0.4) is 0 Å². The Balaban J connectivity index is 2.10. The Bertz CT molecular complexity index is 578. The SMILES string of the molecule is CNC(C)c1ccc(OCc2ccc(C)cc2)c(OC)c1. The summed E-state index contributed by atoms with van der Waals surface area (Å²) in [5.74, 6) is 1.53. The predicted molar refractivity (Wildman–Crippen MR) is 86.0 cm³/mol. The van der Waals surface area contributed by atoms with Gasteiger partial charge in [-0.15, -0.1) is 0 Å². The Labute approximate surface area is 126 Å². The number of benzene rings is 2. The molecule has 0 aromatic heterocycles. The molecule has 2 aromatic rings. The molecule has 0 aliphatic carbocycles. The van der Waals surface area contributed by atoms with E-state index in [-0.39, 0.29) is 6.04 Å². The van der Waals surface area contributed by atoms with E-state index in [4.69, 9.17) is 9.47 Å². The first kappa shape index (κ1) is 15.4. The highest BCUT2D eigenvalue weighted by molar-refractivity contribution is 5.44. The van der Waals surface area contributed by atoms with Crippen molar-refractivity contribution in [2.45, 2.75) is 26.5 Å². The number of ether oxygens (including phenoxy) is 2. The lowest BCUT2D eigenvalue weighted by atomic mass is 10.1. The summed E-state index contributed by atoms with van der Waals surface area (Å²) < 4.78 is 11.3. The lowest BCUT2D eigenvalue weighted by Crippen LogP contribution is -2.12. The fourth-order valence-corrected chi connectivity index (χ4v) is 2.08. The van der Waals surface area contributed by atoms with Crippen LogP contribution in [0.25, 0.3) is 0 Å². The molecular weight excluding hydrogens is 262 g/mol. The number of nitrogens with one attached hydrogen (secondary N) is 1. The molecule has 0 saturated heterocycles. The fourth-order valence-electron chi connectivity index (χ4n) is 2.08. The van der Waals surface area contributed by atoms with Crippen molar-refractivity contribution in [2.24, 2.45) is 0 Å². The summed E-state index contributed by atoms with van der Waals surface area (Å²) in [5, 5.41) is 3.22. The first-order valence-corrected chi connectivity index (χ1v) is 7.17. The molecule has 0 fully saturated rings. The molecule has 0 heterocycles. The number of aryl methyl sites for hydroxylation is 1. The number of hydrogen-bond donors (Lipinski definition) is 1. The summed E-state index contributed by atoms with van der Waals surface area (Å²) in [7, 11) is 3.61. The molecule has 2 aromatic carbocycles. The van der Waals surface area contributed by atoms with Gasteiger partial charge in [0.15, 0.2) is 11.5 Å². The summed E-state index contributed by atoms with van der Waals surface area (Å²) in [6.07, 6.45) is 0. The van der Waals surface area contributed by atoms with Gasteiger partial charge in [-0.1, -0.05) is 35.9 Å². The van der Waals surface area contributed by atoms with Gasteiger partial charge in [0.1, 0.15) is 6.61 Å². The van der Waals surface area contributed by atoms with E-state index in [2.05, 4.69) is 49.5 Å². The van der Waals surface area contributed by atoms with Crippen LogP contribution >= 0.6 is 0 Å². The van der Waals surface area contributed by atoms with Crippen LogP contribution < -0.4 is 14.8 Å². The van der Waals surface area contributed by atoms with Crippen LogP contribution in [0.1, 0.15) is 29.7 Å². The minimum atomic E-state index is 0.282. The summed E-state index contributed by atoms with van der Waals surface area (Å²) in [5.41, 5.74) is 3.58. The maximum Gasteiger partial charge on any atom is 0.161 e. The highest BCUT2D eigenvalue weighted by Gasteiger charge is 2.09. The maximum absolute atomic E-state index is 5.88. The minimum absolute atomic E-state index is 0.282. The largest absolute Gasteiger partial charge is 0.493 e. The molecule has 1 N–H and O–H groups in total. The smallest absolute Gasteiger partial charge is 0.161 e. The van der Waals surface area contributed by atoms with Crippen LogP contribution in [-0.4, -0.2) is 14.2 Å². The third kappa shape index (κ3) is 3.99. The van der Waals surface area contributed by atoms with E-state index in [9.17, 15) is 0 Å². The lowest BCUT2D eigenvalue weighted by molar-refractivity contribution is 0.284. The van der Waals surface area contributed by atoms with E-state index in [0.717, 1.165) is 17.1 Å². The van der Waals surface area contributed by atoms with Crippen LogP contribution in [0.2, 0.25) is 0 Å². The number of rotatable bonds is 6. The molecule has 0 aliphatic rings. The summed E-state index contributed by atoms with van der Waals surface area (Å²) in [6, 6.07) is 14.7. The molecule has 3 nitrogen and oxygen atoms in total.